The highest BCUT2D eigenvalue weighted by atomic mass is 19.1. The van der Waals surface area contributed by atoms with Crippen LogP contribution >= 0.6 is 0 Å². The fraction of sp³-hybridized carbons (Fsp3) is 0.286. The second kappa shape index (κ2) is 8.68. The molecule has 0 bridgehead atoms. The molecule has 3 rings (SSSR count). The van der Waals surface area contributed by atoms with Gasteiger partial charge in [0.15, 0.2) is 11.5 Å². The van der Waals surface area contributed by atoms with E-state index in [9.17, 15) is 9.18 Å². The van der Waals surface area contributed by atoms with E-state index >= 15 is 0 Å². The first-order chi connectivity index (χ1) is 13.1. The Balaban J connectivity index is 1.84. The molecule has 27 heavy (non-hydrogen) atoms. The average molecular weight is 371 g/mol. The maximum absolute atomic E-state index is 14.4. The van der Waals surface area contributed by atoms with Gasteiger partial charge in [0.2, 0.25) is 5.91 Å². The zero-order valence-corrected chi connectivity index (χ0v) is 15.4. The minimum absolute atomic E-state index is 0.0738. The normalized spacial score (nSPS) is 14.4. The molecule has 2 aromatic carbocycles. The first-order valence-corrected chi connectivity index (χ1v) is 8.69. The van der Waals surface area contributed by atoms with Gasteiger partial charge in [-0.25, -0.2) is 4.39 Å². The van der Waals surface area contributed by atoms with Crippen molar-refractivity contribution in [3.63, 3.8) is 0 Å². The summed E-state index contributed by atoms with van der Waals surface area (Å²) in [6.07, 6.45) is 3.21. The minimum Gasteiger partial charge on any atom is -0.493 e. The van der Waals surface area contributed by atoms with Crippen LogP contribution in [-0.2, 0) is 9.53 Å². The SMILES string of the molecule is COc1ccc(-c2cc(/C=C/C(=O)N3CCOCC3)ccc2F)cc1OC. The molecule has 1 saturated heterocycles. The molecule has 0 unspecified atom stereocenters. The van der Waals surface area contributed by atoms with E-state index < -0.39 is 0 Å². The van der Waals surface area contributed by atoms with Gasteiger partial charge in [-0.2, -0.15) is 0 Å². The predicted octanol–water partition coefficient (Wildman–Crippen LogP) is 3.38. The van der Waals surface area contributed by atoms with Gasteiger partial charge < -0.3 is 19.1 Å². The number of nitrogens with zero attached hydrogens (tertiary/aromatic N) is 1. The van der Waals surface area contributed by atoms with Gasteiger partial charge in [0.25, 0.3) is 0 Å². The predicted molar refractivity (Wildman–Crippen MR) is 101 cm³/mol. The second-order valence-electron chi connectivity index (χ2n) is 6.08. The van der Waals surface area contributed by atoms with Crippen molar-refractivity contribution >= 4 is 12.0 Å². The lowest BCUT2D eigenvalue weighted by molar-refractivity contribution is -0.129. The number of hydrogen-bond acceptors (Lipinski definition) is 4. The standard InChI is InChI=1S/C21H22FNO4/c1-25-19-7-5-16(14-20(19)26-2)17-13-15(3-6-18(17)22)4-8-21(24)23-9-11-27-12-10-23/h3-8,13-14H,9-12H2,1-2H3/b8-4+. The largest absolute Gasteiger partial charge is 0.493 e. The van der Waals surface area contributed by atoms with E-state index in [4.69, 9.17) is 14.2 Å². The summed E-state index contributed by atoms with van der Waals surface area (Å²) in [5.74, 6) is 0.681. The summed E-state index contributed by atoms with van der Waals surface area (Å²) in [6, 6.07) is 9.97. The summed E-state index contributed by atoms with van der Waals surface area (Å²) >= 11 is 0. The number of amides is 1. The Kier molecular flexibility index (Phi) is 6.08. The Labute approximate surface area is 158 Å². The fourth-order valence-corrected chi connectivity index (χ4v) is 2.93. The molecule has 1 aliphatic rings. The van der Waals surface area contributed by atoms with Crippen LogP contribution in [0.4, 0.5) is 4.39 Å². The van der Waals surface area contributed by atoms with Gasteiger partial charge in [0.1, 0.15) is 5.82 Å². The summed E-state index contributed by atoms with van der Waals surface area (Å²) in [5, 5.41) is 0. The Morgan fingerprint density at radius 1 is 1.07 bits per heavy atom. The maximum Gasteiger partial charge on any atom is 0.246 e. The second-order valence-corrected chi connectivity index (χ2v) is 6.08. The lowest BCUT2D eigenvalue weighted by Gasteiger charge is -2.25. The van der Waals surface area contributed by atoms with Crippen LogP contribution in [0, 0.1) is 5.82 Å². The highest BCUT2D eigenvalue weighted by Gasteiger charge is 2.14. The van der Waals surface area contributed by atoms with E-state index in [0.29, 0.717) is 48.9 Å². The third-order valence-electron chi connectivity index (χ3n) is 4.43. The molecule has 6 heteroatoms. The number of carbonyl (C=O) groups excluding carboxylic acids is 1. The molecule has 0 aliphatic carbocycles. The number of methoxy groups -OCH3 is 2. The van der Waals surface area contributed by atoms with Gasteiger partial charge >= 0.3 is 0 Å². The molecule has 142 valence electrons. The zero-order valence-electron chi connectivity index (χ0n) is 15.4. The van der Waals surface area contributed by atoms with Crippen LogP contribution in [0.3, 0.4) is 0 Å². The Hall–Kier alpha value is -2.86. The van der Waals surface area contributed by atoms with Crippen LogP contribution in [0.5, 0.6) is 11.5 Å². The fourth-order valence-electron chi connectivity index (χ4n) is 2.93. The van der Waals surface area contributed by atoms with Gasteiger partial charge in [0.05, 0.1) is 27.4 Å². The van der Waals surface area contributed by atoms with Crippen molar-refractivity contribution < 1.29 is 23.4 Å². The van der Waals surface area contributed by atoms with Crippen LogP contribution < -0.4 is 9.47 Å². The number of carbonyl (C=O) groups is 1. The van der Waals surface area contributed by atoms with Crippen LogP contribution in [0.25, 0.3) is 17.2 Å². The van der Waals surface area contributed by atoms with Crippen molar-refractivity contribution in [2.45, 2.75) is 0 Å². The highest BCUT2D eigenvalue weighted by Crippen LogP contribution is 2.33. The van der Waals surface area contributed by atoms with E-state index in [1.54, 1.807) is 48.4 Å². The monoisotopic (exact) mass is 371 g/mol. The Morgan fingerprint density at radius 3 is 2.52 bits per heavy atom. The van der Waals surface area contributed by atoms with Gasteiger partial charge in [-0.3, -0.25) is 4.79 Å². The zero-order chi connectivity index (χ0) is 19.2. The molecule has 5 nitrogen and oxygen atoms in total. The molecule has 0 N–H and O–H groups in total. The van der Waals surface area contributed by atoms with Crippen molar-refractivity contribution in [2.24, 2.45) is 0 Å². The summed E-state index contributed by atoms with van der Waals surface area (Å²) in [7, 11) is 3.09. The first kappa shape index (κ1) is 18.9. The van der Waals surface area contributed by atoms with Gasteiger partial charge in [-0.05, 0) is 41.5 Å². The Morgan fingerprint density at radius 2 is 1.81 bits per heavy atom. The third-order valence-corrected chi connectivity index (χ3v) is 4.43. The quantitative estimate of drug-likeness (QED) is 0.756. The summed E-state index contributed by atoms with van der Waals surface area (Å²) in [4.78, 5) is 14.0. The number of benzene rings is 2. The molecule has 0 saturated carbocycles. The smallest absolute Gasteiger partial charge is 0.246 e. The summed E-state index contributed by atoms with van der Waals surface area (Å²) in [6.45, 7) is 2.28. The summed E-state index contributed by atoms with van der Waals surface area (Å²) < 4.78 is 30.1. The number of hydrogen-bond donors (Lipinski definition) is 0. The number of morpholine rings is 1. The number of ether oxygens (including phenoxy) is 3. The third kappa shape index (κ3) is 4.46. The van der Waals surface area contributed by atoms with E-state index in [1.165, 1.54) is 19.3 Å². The molecule has 0 aromatic heterocycles. The van der Waals surface area contributed by atoms with Crippen LogP contribution in [0.2, 0.25) is 0 Å². The highest BCUT2D eigenvalue weighted by molar-refractivity contribution is 5.92. The van der Waals surface area contributed by atoms with Gasteiger partial charge in [-0.1, -0.05) is 12.1 Å². The minimum atomic E-state index is -0.348. The van der Waals surface area contributed by atoms with Crippen LogP contribution in [0.15, 0.2) is 42.5 Å². The van der Waals surface area contributed by atoms with E-state index in [-0.39, 0.29) is 11.7 Å². The Bertz CT molecular complexity index is 844. The molecule has 0 atom stereocenters. The lowest BCUT2D eigenvalue weighted by atomic mass is 10.0. The van der Waals surface area contributed by atoms with E-state index in [0.717, 1.165) is 5.56 Å². The average Bonchev–Trinajstić information content (AvgIpc) is 2.73. The van der Waals surface area contributed by atoms with Crippen LogP contribution in [-0.4, -0.2) is 51.3 Å². The van der Waals surface area contributed by atoms with Gasteiger partial charge in [0, 0.05) is 24.7 Å². The first-order valence-electron chi connectivity index (χ1n) is 8.69. The molecular formula is C21H22FNO4. The van der Waals surface area contributed by atoms with E-state index in [1.807, 2.05) is 0 Å². The van der Waals surface area contributed by atoms with Crippen molar-refractivity contribution in [3.8, 4) is 22.6 Å². The molecular weight excluding hydrogens is 349 g/mol. The maximum atomic E-state index is 14.4. The number of halogens is 1. The van der Waals surface area contributed by atoms with Crippen molar-refractivity contribution in [1.82, 2.24) is 4.90 Å². The van der Waals surface area contributed by atoms with Crippen molar-refractivity contribution in [1.29, 1.82) is 0 Å². The topological polar surface area (TPSA) is 48.0 Å². The van der Waals surface area contributed by atoms with Gasteiger partial charge in [-0.15, -0.1) is 0 Å². The molecule has 1 fully saturated rings. The lowest BCUT2D eigenvalue weighted by Crippen LogP contribution is -2.39. The molecule has 0 spiro atoms. The molecule has 1 heterocycles. The van der Waals surface area contributed by atoms with Crippen LogP contribution in [0.1, 0.15) is 5.56 Å². The van der Waals surface area contributed by atoms with E-state index in [2.05, 4.69) is 0 Å². The van der Waals surface area contributed by atoms with Crippen molar-refractivity contribution in [2.75, 3.05) is 40.5 Å². The van der Waals surface area contributed by atoms with Crippen molar-refractivity contribution in [3.05, 3.63) is 53.9 Å². The molecule has 1 aliphatic heterocycles. The summed E-state index contributed by atoms with van der Waals surface area (Å²) in [5.41, 5.74) is 1.83. The molecule has 2 aromatic rings. The number of rotatable bonds is 5. The molecule has 0 radical (unpaired) electrons. The molecule has 1 amide bonds.